The molecule has 3 aromatic rings. The minimum atomic E-state index is -0.376. The van der Waals surface area contributed by atoms with E-state index >= 15 is 0 Å². The van der Waals surface area contributed by atoms with Crippen LogP contribution in [0.5, 0.6) is 11.5 Å². The Morgan fingerprint density at radius 2 is 2.07 bits per heavy atom. The topological polar surface area (TPSA) is 106 Å². The number of fused-ring (bicyclic) bond motifs is 1. The number of hydrogen-bond acceptors (Lipinski definition) is 7. The lowest BCUT2D eigenvalue weighted by Crippen LogP contribution is -2.12. The third-order valence-corrected chi connectivity index (χ3v) is 5.55. The highest BCUT2D eigenvalue weighted by atomic mass is 32.1. The molecule has 0 bridgehead atoms. The van der Waals surface area contributed by atoms with Gasteiger partial charge in [-0.2, -0.15) is 5.10 Å². The van der Waals surface area contributed by atoms with E-state index in [0.29, 0.717) is 39.2 Å². The quantitative estimate of drug-likeness (QED) is 0.683. The molecule has 9 heteroatoms. The molecule has 2 aromatic heterocycles. The molecule has 0 radical (unpaired) electrons. The van der Waals surface area contributed by atoms with Crippen LogP contribution in [0.4, 0.5) is 5.13 Å². The maximum Gasteiger partial charge on any atom is 0.275 e. The van der Waals surface area contributed by atoms with Crippen LogP contribution in [0.2, 0.25) is 0 Å². The van der Waals surface area contributed by atoms with Crippen LogP contribution < -0.4 is 14.8 Å². The molecule has 144 valence electrons. The van der Waals surface area contributed by atoms with E-state index in [1.165, 1.54) is 11.3 Å². The number of hydrogen-bond donors (Lipinski definition) is 2. The Morgan fingerprint density at radius 1 is 1.21 bits per heavy atom. The Bertz CT molecular complexity index is 1060. The zero-order chi connectivity index (χ0) is 19.7. The fraction of sp³-hybridized carbons (Fsp3) is 0.263. The van der Waals surface area contributed by atoms with Gasteiger partial charge in [0.25, 0.3) is 5.91 Å². The molecule has 2 heterocycles. The first-order chi connectivity index (χ1) is 13.6. The van der Waals surface area contributed by atoms with E-state index in [4.69, 9.17) is 9.47 Å². The second-order valence-corrected chi connectivity index (χ2v) is 7.26. The van der Waals surface area contributed by atoms with Gasteiger partial charge in [0.05, 0.1) is 30.5 Å². The smallest absolute Gasteiger partial charge is 0.275 e. The Balaban J connectivity index is 1.56. The predicted molar refractivity (Wildman–Crippen MR) is 104 cm³/mol. The van der Waals surface area contributed by atoms with Crippen molar-refractivity contribution in [2.45, 2.75) is 19.3 Å². The molecule has 28 heavy (non-hydrogen) atoms. The number of rotatable bonds is 5. The van der Waals surface area contributed by atoms with Gasteiger partial charge < -0.3 is 9.47 Å². The van der Waals surface area contributed by atoms with Crippen molar-refractivity contribution in [3.8, 4) is 22.8 Å². The van der Waals surface area contributed by atoms with Crippen LogP contribution in [0.1, 0.15) is 38.7 Å². The number of Topliss-reactive ketones (excluding diaryl/α,β-unsaturated/α-hetero) is 1. The molecule has 1 aliphatic carbocycles. The molecule has 0 aliphatic heterocycles. The van der Waals surface area contributed by atoms with Gasteiger partial charge in [-0.15, -0.1) is 0 Å². The maximum atomic E-state index is 12.6. The number of aromatic nitrogens is 3. The van der Waals surface area contributed by atoms with E-state index in [9.17, 15) is 9.59 Å². The highest BCUT2D eigenvalue weighted by Gasteiger charge is 2.23. The van der Waals surface area contributed by atoms with E-state index in [1.807, 2.05) is 0 Å². The number of aryl methyl sites for hydroxylation is 1. The molecule has 0 saturated heterocycles. The van der Waals surface area contributed by atoms with Crippen molar-refractivity contribution in [2.75, 3.05) is 19.5 Å². The van der Waals surface area contributed by atoms with Crippen molar-refractivity contribution in [1.29, 1.82) is 0 Å². The lowest BCUT2D eigenvalue weighted by atomic mass is 10.0. The summed E-state index contributed by atoms with van der Waals surface area (Å²) >= 11 is 1.22. The van der Waals surface area contributed by atoms with Gasteiger partial charge in [0, 0.05) is 12.0 Å². The summed E-state index contributed by atoms with van der Waals surface area (Å²) in [5.74, 6) is 0.987. The van der Waals surface area contributed by atoms with Gasteiger partial charge in [0.1, 0.15) is 17.2 Å². The van der Waals surface area contributed by atoms with Crippen LogP contribution >= 0.6 is 11.3 Å². The van der Waals surface area contributed by atoms with Gasteiger partial charge in [-0.25, -0.2) is 4.98 Å². The first kappa shape index (κ1) is 18.2. The van der Waals surface area contributed by atoms with Crippen LogP contribution in [-0.2, 0) is 6.42 Å². The molecule has 1 aliphatic rings. The van der Waals surface area contributed by atoms with E-state index in [2.05, 4.69) is 20.5 Å². The molecule has 0 spiro atoms. The number of anilines is 1. The predicted octanol–water partition coefficient (Wildman–Crippen LogP) is 3.32. The molecule has 8 nitrogen and oxygen atoms in total. The number of ether oxygens (including phenoxy) is 2. The van der Waals surface area contributed by atoms with Gasteiger partial charge in [-0.1, -0.05) is 11.3 Å². The Kier molecular flexibility index (Phi) is 4.82. The van der Waals surface area contributed by atoms with Gasteiger partial charge in [-0.05, 0) is 37.1 Å². The first-order valence-electron chi connectivity index (χ1n) is 8.71. The Hall–Kier alpha value is -3.20. The summed E-state index contributed by atoms with van der Waals surface area (Å²) < 4.78 is 10.6. The van der Waals surface area contributed by atoms with Gasteiger partial charge >= 0.3 is 0 Å². The number of aromatic amines is 1. The summed E-state index contributed by atoms with van der Waals surface area (Å²) in [7, 11) is 3.14. The minimum Gasteiger partial charge on any atom is -0.497 e. The van der Waals surface area contributed by atoms with Gasteiger partial charge in [0.2, 0.25) is 0 Å². The number of methoxy groups -OCH3 is 2. The molecule has 1 amide bonds. The second kappa shape index (κ2) is 7.43. The van der Waals surface area contributed by atoms with E-state index in [0.717, 1.165) is 18.5 Å². The van der Waals surface area contributed by atoms with Crippen LogP contribution in [0.15, 0.2) is 24.3 Å². The second-order valence-electron chi connectivity index (χ2n) is 6.26. The molecule has 0 saturated carbocycles. The number of carbonyl (C=O) groups excluding carboxylic acids is 2. The zero-order valence-electron chi connectivity index (χ0n) is 15.4. The summed E-state index contributed by atoms with van der Waals surface area (Å²) in [5, 5.41) is 10.1. The fourth-order valence-corrected chi connectivity index (χ4v) is 4.05. The monoisotopic (exact) mass is 398 g/mol. The van der Waals surface area contributed by atoms with Gasteiger partial charge in [0.15, 0.2) is 10.9 Å². The van der Waals surface area contributed by atoms with E-state index < -0.39 is 0 Å². The number of nitrogens with zero attached hydrogens (tertiary/aromatic N) is 2. The molecule has 2 N–H and O–H groups in total. The third-order valence-electron chi connectivity index (χ3n) is 4.49. The van der Waals surface area contributed by atoms with Crippen molar-refractivity contribution in [1.82, 2.24) is 15.2 Å². The normalized spacial score (nSPS) is 13.1. The molecule has 4 rings (SSSR count). The standard InChI is InChI=1S/C19H18N4O4S/c1-26-10-6-7-16(27-2)11(8-10)13-9-14(23-22-13)18(25)21-19-20-12-4-3-5-15(24)17(12)28-19/h6-9H,3-5H2,1-2H3,(H,22,23)(H,20,21,25). The number of ketones is 1. The number of benzene rings is 1. The molecular formula is C19H18N4O4S. The van der Waals surface area contributed by atoms with Crippen molar-refractivity contribution < 1.29 is 19.1 Å². The molecule has 0 unspecified atom stereocenters. The number of thiazole rings is 1. The lowest BCUT2D eigenvalue weighted by Gasteiger charge is -2.08. The Labute approximate surface area is 164 Å². The van der Waals surface area contributed by atoms with Crippen LogP contribution in [0, 0.1) is 0 Å². The average Bonchev–Trinajstić information content (AvgIpc) is 3.35. The largest absolute Gasteiger partial charge is 0.497 e. The van der Waals surface area contributed by atoms with Crippen molar-refractivity contribution >= 4 is 28.2 Å². The number of amides is 1. The average molecular weight is 398 g/mol. The summed E-state index contributed by atoms with van der Waals surface area (Å²) in [5.41, 5.74) is 2.30. The van der Waals surface area contributed by atoms with Crippen molar-refractivity contribution in [2.24, 2.45) is 0 Å². The van der Waals surface area contributed by atoms with Crippen molar-refractivity contribution in [3.05, 3.63) is 40.5 Å². The molecule has 0 fully saturated rings. The summed E-state index contributed by atoms with van der Waals surface area (Å²) in [4.78, 5) is 29.5. The van der Waals surface area contributed by atoms with Crippen molar-refractivity contribution in [3.63, 3.8) is 0 Å². The minimum absolute atomic E-state index is 0.0909. The lowest BCUT2D eigenvalue weighted by molar-refractivity contribution is 0.0975. The number of H-pyrrole nitrogens is 1. The fourth-order valence-electron chi connectivity index (χ4n) is 3.08. The highest BCUT2D eigenvalue weighted by molar-refractivity contribution is 7.17. The maximum absolute atomic E-state index is 12.6. The SMILES string of the molecule is COc1ccc(OC)c(-c2cc(C(=O)Nc3nc4c(s3)C(=O)CCC4)[nH]n2)c1. The highest BCUT2D eigenvalue weighted by Crippen LogP contribution is 2.33. The summed E-state index contributed by atoms with van der Waals surface area (Å²) in [6, 6.07) is 6.98. The number of carbonyl (C=O) groups is 2. The molecule has 0 atom stereocenters. The van der Waals surface area contributed by atoms with Gasteiger partial charge in [-0.3, -0.25) is 20.0 Å². The first-order valence-corrected chi connectivity index (χ1v) is 9.52. The van der Waals surface area contributed by atoms with E-state index in [1.54, 1.807) is 38.5 Å². The van der Waals surface area contributed by atoms with Crippen LogP contribution in [0.25, 0.3) is 11.3 Å². The zero-order valence-corrected chi connectivity index (χ0v) is 16.2. The molecular weight excluding hydrogens is 380 g/mol. The summed E-state index contributed by atoms with van der Waals surface area (Å²) in [6.07, 6.45) is 2.10. The third kappa shape index (κ3) is 3.36. The molecule has 1 aromatic carbocycles. The summed E-state index contributed by atoms with van der Waals surface area (Å²) in [6.45, 7) is 0. The Morgan fingerprint density at radius 3 is 2.82 bits per heavy atom. The van der Waals surface area contributed by atoms with E-state index in [-0.39, 0.29) is 17.4 Å². The van der Waals surface area contributed by atoms with Crippen LogP contribution in [-0.4, -0.2) is 41.1 Å². The number of nitrogens with one attached hydrogen (secondary N) is 2. The van der Waals surface area contributed by atoms with Crippen LogP contribution in [0.3, 0.4) is 0 Å².